The third-order valence-corrected chi connectivity index (χ3v) is 4.27. The summed E-state index contributed by atoms with van der Waals surface area (Å²) in [7, 11) is 0. The summed E-state index contributed by atoms with van der Waals surface area (Å²) in [6.45, 7) is 7.18. The van der Waals surface area contributed by atoms with Crippen molar-refractivity contribution in [2.75, 3.05) is 0 Å². The Kier molecular flexibility index (Phi) is 1.99. The Bertz CT molecular complexity index is 209. The molecule has 2 aliphatic carbocycles. The van der Waals surface area contributed by atoms with Crippen LogP contribution in [0, 0.1) is 16.7 Å². The second kappa shape index (κ2) is 2.73. The monoisotopic (exact) mass is 182 g/mol. The van der Waals surface area contributed by atoms with Crippen LogP contribution in [0.3, 0.4) is 0 Å². The van der Waals surface area contributed by atoms with E-state index in [4.69, 9.17) is 0 Å². The number of aliphatic hydroxyl groups excluding tert-OH is 1. The van der Waals surface area contributed by atoms with Crippen LogP contribution in [0.2, 0.25) is 0 Å². The quantitative estimate of drug-likeness (QED) is 0.610. The molecule has 0 bridgehead atoms. The minimum Gasteiger partial charge on any atom is -0.393 e. The van der Waals surface area contributed by atoms with Crippen LogP contribution >= 0.6 is 0 Å². The first-order chi connectivity index (χ1) is 5.91. The van der Waals surface area contributed by atoms with E-state index >= 15 is 0 Å². The summed E-state index contributed by atoms with van der Waals surface area (Å²) in [5, 5.41) is 9.64. The number of hydrogen-bond acceptors (Lipinski definition) is 1. The zero-order valence-corrected chi connectivity index (χ0v) is 9.14. The second-order valence-electron chi connectivity index (χ2n) is 6.32. The zero-order chi connectivity index (χ0) is 9.69. The molecule has 2 saturated carbocycles. The Morgan fingerprint density at radius 2 is 1.92 bits per heavy atom. The van der Waals surface area contributed by atoms with E-state index < -0.39 is 0 Å². The normalized spacial score (nSPS) is 48.9. The van der Waals surface area contributed by atoms with Gasteiger partial charge in [-0.15, -0.1) is 0 Å². The van der Waals surface area contributed by atoms with Crippen molar-refractivity contribution in [1.82, 2.24) is 0 Å². The van der Waals surface area contributed by atoms with Gasteiger partial charge in [-0.2, -0.15) is 0 Å². The molecule has 0 heterocycles. The molecule has 1 N–H and O–H groups in total. The molecule has 0 saturated heterocycles. The molecule has 3 atom stereocenters. The number of aliphatic hydroxyl groups is 1. The Labute approximate surface area is 81.5 Å². The largest absolute Gasteiger partial charge is 0.393 e. The Morgan fingerprint density at radius 3 is 2.62 bits per heavy atom. The van der Waals surface area contributed by atoms with Gasteiger partial charge in [-0.1, -0.05) is 20.8 Å². The van der Waals surface area contributed by atoms with Gasteiger partial charge in [0.25, 0.3) is 0 Å². The zero-order valence-electron chi connectivity index (χ0n) is 9.14. The lowest BCUT2D eigenvalue weighted by atomic mass is 9.68. The fraction of sp³-hybridized carbons (Fsp3) is 1.00. The molecule has 1 heteroatoms. The molecule has 0 radical (unpaired) electrons. The molecule has 0 aromatic carbocycles. The molecule has 2 fully saturated rings. The molecule has 76 valence electrons. The van der Waals surface area contributed by atoms with E-state index in [2.05, 4.69) is 20.8 Å². The first-order valence-electron chi connectivity index (χ1n) is 5.59. The second-order valence-corrected chi connectivity index (χ2v) is 6.32. The van der Waals surface area contributed by atoms with Crippen molar-refractivity contribution >= 4 is 0 Å². The molecule has 0 aliphatic heterocycles. The highest BCUT2D eigenvalue weighted by Crippen LogP contribution is 2.58. The summed E-state index contributed by atoms with van der Waals surface area (Å²) < 4.78 is 0. The minimum atomic E-state index is -0.00743. The van der Waals surface area contributed by atoms with Crippen LogP contribution in [-0.2, 0) is 0 Å². The summed E-state index contributed by atoms with van der Waals surface area (Å²) in [4.78, 5) is 0. The van der Waals surface area contributed by atoms with Crippen molar-refractivity contribution in [3.05, 3.63) is 0 Å². The molecule has 13 heavy (non-hydrogen) atoms. The van der Waals surface area contributed by atoms with Crippen molar-refractivity contribution in [2.45, 2.75) is 59.0 Å². The third-order valence-electron chi connectivity index (χ3n) is 4.27. The summed E-state index contributed by atoms with van der Waals surface area (Å²) >= 11 is 0. The number of hydrogen-bond donors (Lipinski definition) is 1. The van der Waals surface area contributed by atoms with Crippen LogP contribution in [0.5, 0.6) is 0 Å². The van der Waals surface area contributed by atoms with E-state index in [0.717, 1.165) is 18.8 Å². The summed E-state index contributed by atoms with van der Waals surface area (Å²) in [5.41, 5.74) is 1.06. The molecule has 1 nitrogen and oxygen atoms in total. The van der Waals surface area contributed by atoms with Crippen LogP contribution in [0.1, 0.15) is 52.9 Å². The maximum atomic E-state index is 9.64. The minimum absolute atomic E-state index is 0.00743. The molecule has 3 unspecified atom stereocenters. The topological polar surface area (TPSA) is 20.2 Å². The molecule has 0 aromatic rings. The molecule has 0 spiro atoms. The third kappa shape index (κ3) is 1.63. The van der Waals surface area contributed by atoms with E-state index in [9.17, 15) is 5.11 Å². The standard InChI is InChI=1S/C12H22O/c1-11(2)7-9-6-10(13)4-5-12(9,3)8-11/h9-10,13H,4-8H2,1-3H3. The molecule has 2 aliphatic rings. The van der Waals surface area contributed by atoms with Crippen LogP contribution in [-0.4, -0.2) is 11.2 Å². The first kappa shape index (κ1) is 9.51. The van der Waals surface area contributed by atoms with E-state index in [1.54, 1.807) is 0 Å². The number of rotatable bonds is 0. The van der Waals surface area contributed by atoms with Gasteiger partial charge in [0, 0.05) is 0 Å². The maximum Gasteiger partial charge on any atom is 0.0543 e. The van der Waals surface area contributed by atoms with E-state index in [1.807, 2.05) is 0 Å². The van der Waals surface area contributed by atoms with Gasteiger partial charge in [-0.3, -0.25) is 0 Å². The highest BCUT2D eigenvalue weighted by Gasteiger charge is 2.49. The fourth-order valence-corrected chi connectivity index (χ4v) is 3.83. The molecule has 2 rings (SSSR count). The molecular weight excluding hydrogens is 160 g/mol. The van der Waals surface area contributed by atoms with Crippen molar-refractivity contribution in [3.8, 4) is 0 Å². The smallest absolute Gasteiger partial charge is 0.0543 e. The first-order valence-corrected chi connectivity index (χ1v) is 5.59. The summed E-state index contributed by atoms with van der Waals surface area (Å²) in [6.07, 6.45) is 6.00. The van der Waals surface area contributed by atoms with Crippen LogP contribution < -0.4 is 0 Å². The van der Waals surface area contributed by atoms with E-state index in [1.165, 1.54) is 19.3 Å². The van der Waals surface area contributed by atoms with Crippen LogP contribution in [0.4, 0.5) is 0 Å². The number of fused-ring (bicyclic) bond motifs is 1. The van der Waals surface area contributed by atoms with E-state index in [0.29, 0.717) is 10.8 Å². The van der Waals surface area contributed by atoms with Crippen LogP contribution in [0.25, 0.3) is 0 Å². The van der Waals surface area contributed by atoms with Crippen molar-refractivity contribution in [2.24, 2.45) is 16.7 Å². The van der Waals surface area contributed by atoms with Gasteiger partial charge in [-0.05, 0) is 48.9 Å². The van der Waals surface area contributed by atoms with Gasteiger partial charge in [-0.25, -0.2) is 0 Å². The average molecular weight is 182 g/mol. The predicted molar refractivity (Wildman–Crippen MR) is 54.5 cm³/mol. The lowest BCUT2D eigenvalue weighted by Crippen LogP contribution is -2.32. The SMILES string of the molecule is CC1(C)CC2CC(O)CCC2(C)C1. The van der Waals surface area contributed by atoms with Crippen molar-refractivity contribution in [1.29, 1.82) is 0 Å². The lowest BCUT2D eigenvalue weighted by Gasteiger charge is -2.38. The molecule has 0 aromatic heterocycles. The highest BCUT2D eigenvalue weighted by molar-refractivity contribution is 5.00. The molecule has 0 amide bonds. The highest BCUT2D eigenvalue weighted by atomic mass is 16.3. The van der Waals surface area contributed by atoms with Crippen LogP contribution in [0.15, 0.2) is 0 Å². The Morgan fingerprint density at radius 1 is 1.23 bits per heavy atom. The van der Waals surface area contributed by atoms with Gasteiger partial charge >= 0.3 is 0 Å². The van der Waals surface area contributed by atoms with Crippen molar-refractivity contribution in [3.63, 3.8) is 0 Å². The van der Waals surface area contributed by atoms with E-state index in [-0.39, 0.29) is 6.10 Å². The lowest BCUT2D eigenvalue weighted by molar-refractivity contribution is 0.0363. The van der Waals surface area contributed by atoms with Gasteiger partial charge in [0.2, 0.25) is 0 Å². The Hall–Kier alpha value is -0.0400. The van der Waals surface area contributed by atoms with Crippen molar-refractivity contribution < 1.29 is 5.11 Å². The summed E-state index contributed by atoms with van der Waals surface area (Å²) in [6, 6.07) is 0. The molecular formula is C12H22O. The van der Waals surface area contributed by atoms with Gasteiger partial charge in [0.05, 0.1) is 6.10 Å². The van der Waals surface area contributed by atoms with Gasteiger partial charge in [0.1, 0.15) is 0 Å². The average Bonchev–Trinajstić information content (AvgIpc) is 2.18. The van der Waals surface area contributed by atoms with Gasteiger partial charge < -0.3 is 5.11 Å². The maximum absolute atomic E-state index is 9.64. The summed E-state index contributed by atoms with van der Waals surface area (Å²) in [5.74, 6) is 0.784. The fourth-order valence-electron chi connectivity index (χ4n) is 3.83. The predicted octanol–water partition coefficient (Wildman–Crippen LogP) is 2.97. The van der Waals surface area contributed by atoms with Gasteiger partial charge in [0.15, 0.2) is 0 Å². The Balaban J connectivity index is 2.15.